The van der Waals surface area contributed by atoms with Crippen LogP contribution in [0.3, 0.4) is 0 Å². The van der Waals surface area contributed by atoms with Crippen LogP contribution in [0.2, 0.25) is 5.02 Å². The Balaban J connectivity index is 1.69. The van der Waals surface area contributed by atoms with Crippen molar-refractivity contribution in [3.8, 4) is 5.75 Å². The monoisotopic (exact) mass is 368 g/mol. The second-order valence-electron chi connectivity index (χ2n) is 5.14. The molecule has 1 heterocycles. The maximum absolute atomic E-state index is 12.1. The molecular formula is C20H13ClO3S. The van der Waals surface area contributed by atoms with Gasteiger partial charge in [-0.2, -0.15) is 0 Å². The molecule has 0 aliphatic heterocycles. The van der Waals surface area contributed by atoms with Gasteiger partial charge >= 0.3 is 5.97 Å². The third kappa shape index (κ3) is 4.66. The first-order valence-electron chi connectivity index (χ1n) is 7.45. The zero-order chi connectivity index (χ0) is 17.6. The molecule has 0 N–H and O–H groups in total. The zero-order valence-electron chi connectivity index (χ0n) is 13.0. The lowest BCUT2D eigenvalue weighted by Crippen LogP contribution is -2.06. The molecule has 0 spiro atoms. The highest BCUT2D eigenvalue weighted by Gasteiger charge is 2.09. The fourth-order valence-corrected chi connectivity index (χ4v) is 2.84. The summed E-state index contributed by atoms with van der Waals surface area (Å²) in [5.41, 5.74) is 1.32. The van der Waals surface area contributed by atoms with Crippen molar-refractivity contribution in [2.75, 3.05) is 0 Å². The molecule has 0 saturated heterocycles. The molecule has 124 valence electrons. The first-order valence-corrected chi connectivity index (χ1v) is 8.71. The van der Waals surface area contributed by atoms with E-state index in [9.17, 15) is 9.59 Å². The van der Waals surface area contributed by atoms with E-state index >= 15 is 0 Å². The molecule has 0 aliphatic carbocycles. The largest absolute Gasteiger partial charge is 0.422 e. The Hall–Kier alpha value is -2.69. The van der Waals surface area contributed by atoms with Gasteiger partial charge in [-0.05, 0) is 59.5 Å². The fourth-order valence-electron chi connectivity index (χ4n) is 2.12. The van der Waals surface area contributed by atoms with Crippen LogP contribution in [0.25, 0.3) is 6.08 Å². The molecule has 0 atom stereocenters. The van der Waals surface area contributed by atoms with Crippen LogP contribution in [0.15, 0.2) is 72.1 Å². The zero-order valence-corrected chi connectivity index (χ0v) is 14.6. The van der Waals surface area contributed by atoms with E-state index < -0.39 is 5.97 Å². The summed E-state index contributed by atoms with van der Waals surface area (Å²) in [5.74, 6) is -0.0921. The Labute approximate surface area is 154 Å². The first kappa shape index (κ1) is 17.1. The van der Waals surface area contributed by atoms with Crippen LogP contribution in [0, 0.1) is 0 Å². The number of ether oxygens (including phenoxy) is 1. The van der Waals surface area contributed by atoms with Crippen molar-refractivity contribution in [3.63, 3.8) is 0 Å². The number of hydrogen-bond acceptors (Lipinski definition) is 4. The summed E-state index contributed by atoms with van der Waals surface area (Å²) >= 11 is 7.14. The van der Waals surface area contributed by atoms with Crippen molar-refractivity contribution < 1.29 is 14.3 Å². The number of allylic oxidation sites excluding steroid dienone is 1. The summed E-state index contributed by atoms with van der Waals surface area (Å²) in [7, 11) is 0. The third-order valence-electron chi connectivity index (χ3n) is 3.35. The molecule has 0 unspecified atom stereocenters. The van der Waals surface area contributed by atoms with Gasteiger partial charge in [-0.3, -0.25) is 4.79 Å². The normalized spacial score (nSPS) is 10.8. The predicted octanol–water partition coefficient (Wildman–Crippen LogP) is 5.52. The minimum atomic E-state index is -0.395. The number of ketones is 1. The SMILES string of the molecule is O=C(C=Cc1cccc(OC(=O)c2cccs2)c1)c1ccc(Cl)cc1. The number of carbonyl (C=O) groups is 2. The molecule has 0 saturated carbocycles. The third-order valence-corrected chi connectivity index (χ3v) is 4.45. The highest BCUT2D eigenvalue weighted by atomic mass is 35.5. The number of hydrogen-bond donors (Lipinski definition) is 0. The van der Waals surface area contributed by atoms with E-state index in [1.807, 2.05) is 11.4 Å². The lowest BCUT2D eigenvalue weighted by molar-refractivity contribution is 0.0739. The Morgan fingerprint density at radius 1 is 1.00 bits per heavy atom. The summed E-state index contributed by atoms with van der Waals surface area (Å²) in [6, 6.07) is 17.2. The van der Waals surface area contributed by atoms with Gasteiger partial charge in [0.15, 0.2) is 5.78 Å². The smallest absolute Gasteiger partial charge is 0.353 e. The fraction of sp³-hybridized carbons (Fsp3) is 0. The van der Waals surface area contributed by atoms with E-state index in [0.717, 1.165) is 5.56 Å². The second-order valence-corrected chi connectivity index (χ2v) is 6.53. The molecule has 2 aromatic carbocycles. The van der Waals surface area contributed by atoms with Crippen LogP contribution in [0.5, 0.6) is 5.75 Å². The Kier molecular flexibility index (Phi) is 5.43. The number of halogens is 1. The molecule has 25 heavy (non-hydrogen) atoms. The molecule has 0 fully saturated rings. The minimum Gasteiger partial charge on any atom is -0.422 e. The number of thiophene rings is 1. The van der Waals surface area contributed by atoms with Crippen LogP contribution in [-0.2, 0) is 0 Å². The van der Waals surface area contributed by atoms with Gasteiger partial charge in [0.25, 0.3) is 0 Å². The Morgan fingerprint density at radius 2 is 1.80 bits per heavy atom. The lowest BCUT2D eigenvalue weighted by atomic mass is 10.1. The van der Waals surface area contributed by atoms with Crippen LogP contribution in [0.4, 0.5) is 0 Å². The first-order chi connectivity index (χ1) is 12.1. The predicted molar refractivity (Wildman–Crippen MR) is 101 cm³/mol. The number of carbonyl (C=O) groups excluding carboxylic acids is 2. The highest BCUT2D eigenvalue weighted by molar-refractivity contribution is 7.12. The van der Waals surface area contributed by atoms with Crippen molar-refractivity contribution in [2.45, 2.75) is 0 Å². The number of benzene rings is 2. The van der Waals surface area contributed by atoms with Crippen molar-refractivity contribution in [2.24, 2.45) is 0 Å². The van der Waals surface area contributed by atoms with Gasteiger partial charge in [0.1, 0.15) is 10.6 Å². The van der Waals surface area contributed by atoms with Crippen LogP contribution in [-0.4, -0.2) is 11.8 Å². The maximum atomic E-state index is 12.1. The number of rotatable bonds is 5. The lowest BCUT2D eigenvalue weighted by Gasteiger charge is -2.03. The molecule has 0 amide bonds. The van der Waals surface area contributed by atoms with Crippen molar-refractivity contribution in [1.29, 1.82) is 0 Å². The minimum absolute atomic E-state index is 0.127. The summed E-state index contributed by atoms with van der Waals surface area (Å²) in [6.07, 6.45) is 3.16. The average molecular weight is 369 g/mol. The molecular weight excluding hydrogens is 356 g/mol. The van der Waals surface area contributed by atoms with Gasteiger partial charge in [0.2, 0.25) is 0 Å². The molecule has 0 radical (unpaired) electrons. The van der Waals surface area contributed by atoms with E-state index in [2.05, 4.69) is 0 Å². The summed E-state index contributed by atoms with van der Waals surface area (Å²) in [4.78, 5) is 24.6. The van der Waals surface area contributed by atoms with Crippen molar-refractivity contribution >= 4 is 40.8 Å². The van der Waals surface area contributed by atoms with Crippen LogP contribution in [0.1, 0.15) is 25.6 Å². The number of esters is 1. The quantitative estimate of drug-likeness (QED) is 0.258. The maximum Gasteiger partial charge on any atom is 0.353 e. The summed E-state index contributed by atoms with van der Waals surface area (Å²) in [6.45, 7) is 0. The van der Waals surface area contributed by atoms with E-state index in [1.165, 1.54) is 17.4 Å². The molecule has 3 rings (SSSR count). The molecule has 5 heteroatoms. The molecule has 0 bridgehead atoms. The van der Waals surface area contributed by atoms with Gasteiger partial charge in [-0.25, -0.2) is 4.79 Å². The van der Waals surface area contributed by atoms with Crippen molar-refractivity contribution in [3.05, 3.63) is 93.1 Å². The van der Waals surface area contributed by atoms with Gasteiger partial charge in [-0.15, -0.1) is 11.3 Å². The molecule has 3 aromatic rings. The summed E-state index contributed by atoms with van der Waals surface area (Å²) < 4.78 is 5.34. The topological polar surface area (TPSA) is 43.4 Å². The van der Waals surface area contributed by atoms with Gasteiger partial charge < -0.3 is 4.74 Å². The van der Waals surface area contributed by atoms with Crippen LogP contribution >= 0.6 is 22.9 Å². The highest BCUT2D eigenvalue weighted by Crippen LogP contribution is 2.18. The molecule has 0 aliphatic rings. The average Bonchev–Trinajstić information content (AvgIpc) is 3.15. The Morgan fingerprint density at radius 3 is 2.52 bits per heavy atom. The van der Waals surface area contributed by atoms with Gasteiger partial charge in [-0.1, -0.05) is 35.9 Å². The van der Waals surface area contributed by atoms with E-state index in [0.29, 0.717) is 21.2 Å². The van der Waals surface area contributed by atoms with E-state index in [-0.39, 0.29) is 5.78 Å². The van der Waals surface area contributed by atoms with Gasteiger partial charge in [0, 0.05) is 10.6 Å². The van der Waals surface area contributed by atoms with Crippen LogP contribution < -0.4 is 4.74 Å². The van der Waals surface area contributed by atoms with E-state index in [4.69, 9.17) is 16.3 Å². The second kappa shape index (κ2) is 7.92. The van der Waals surface area contributed by atoms with E-state index in [1.54, 1.807) is 60.7 Å². The summed E-state index contributed by atoms with van der Waals surface area (Å²) in [5, 5.41) is 2.40. The van der Waals surface area contributed by atoms with Crippen molar-refractivity contribution in [1.82, 2.24) is 0 Å². The van der Waals surface area contributed by atoms with Gasteiger partial charge in [0.05, 0.1) is 0 Å². The molecule has 3 nitrogen and oxygen atoms in total. The molecule has 1 aromatic heterocycles. The Bertz CT molecular complexity index is 912. The standard InChI is InChI=1S/C20H13ClO3S/c21-16-9-7-15(8-10-16)18(22)11-6-14-3-1-4-17(13-14)24-20(23)19-5-2-12-25-19/h1-13H.